The number of nitrogens with two attached hydrogens (primary N) is 2. The highest BCUT2D eigenvalue weighted by molar-refractivity contribution is 8.76. The van der Waals surface area contributed by atoms with Crippen LogP contribution in [0.25, 0.3) is 0 Å². The lowest BCUT2D eigenvalue weighted by Gasteiger charge is -2.63. The number of hydrogen-bond acceptors (Lipinski definition) is 15. The number of Topliss-reactive ketones (excluding diaryl/α,β-unsaturated/α-hetero) is 2. The summed E-state index contributed by atoms with van der Waals surface area (Å²) in [7, 11) is 2.98. The predicted molar refractivity (Wildman–Crippen MR) is 322 cm³/mol. The van der Waals surface area contributed by atoms with Gasteiger partial charge in [-0.25, -0.2) is 0 Å². The van der Waals surface area contributed by atoms with Crippen LogP contribution in [0.2, 0.25) is 0 Å². The maximum Gasteiger partial charge on any atom is 0.313 e. The molecule has 10 aliphatic rings. The van der Waals surface area contributed by atoms with Gasteiger partial charge in [0.15, 0.2) is 17.5 Å². The second-order valence-electron chi connectivity index (χ2n) is 27.9. The van der Waals surface area contributed by atoms with Gasteiger partial charge in [0.25, 0.3) is 0 Å². The summed E-state index contributed by atoms with van der Waals surface area (Å²) in [6.07, 6.45) is 11.5. The Labute approximate surface area is 501 Å². The maximum atomic E-state index is 16.2. The zero-order valence-corrected chi connectivity index (χ0v) is 50.4. The molecule has 2 aliphatic heterocycles. The number of benzene rings is 1. The zero-order chi connectivity index (χ0) is 59.4. The number of ketones is 2. The molecule has 1 aromatic heterocycles. The number of nitrogens with one attached hydrogen (secondary N) is 2. The minimum absolute atomic E-state index is 0.000959. The molecule has 16 nitrogen and oxygen atoms in total. The number of aliphatic hydroxyl groups is 6. The predicted octanol–water partition coefficient (Wildman–Crippen LogP) is 6.27. The number of phenolic OH excluding ortho intramolecular Hbond substituents is 1. The van der Waals surface area contributed by atoms with Gasteiger partial charge < -0.3 is 62.3 Å². The van der Waals surface area contributed by atoms with Crippen molar-refractivity contribution in [3.8, 4) is 17.6 Å². The Balaban J connectivity index is 1.04. The van der Waals surface area contributed by atoms with Crippen molar-refractivity contribution in [3.05, 3.63) is 88.9 Å². The smallest absolute Gasteiger partial charge is 0.313 e. The molecule has 1 aromatic carbocycles. The van der Waals surface area contributed by atoms with Gasteiger partial charge in [0.2, 0.25) is 0 Å². The van der Waals surface area contributed by atoms with Gasteiger partial charge in [-0.05, 0) is 158 Å². The Hall–Kier alpha value is -4.58. The monoisotopic (exact) mass is 1190 g/mol. The van der Waals surface area contributed by atoms with Gasteiger partial charge in [0.1, 0.15) is 11.8 Å². The fourth-order valence-corrected chi connectivity index (χ4v) is 22.6. The van der Waals surface area contributed by atoms with Crippen LogP contribution in [0.3, 0.4) is 0 Å². The van der Waals surface area contributed by atoms with E-state index in [0.29, 0.717) is 29.4 Å². The Kier molecular flexibility index (Phi) is 16.3. The van der Waals surface area contributed by atoms with Gasteiger partial charge in [-0.3, -0.25) is 19.4 Å². The summed E-state index contributed by atoms with van der Waals surface area (Å²) in [6, 6.07) is 7.32. The van der Waals surface area contributed by atoms with Crippen molar-refractivity contribution in [1.82, 2.24) is 10.3 Å². The van der Waals surface area contributed by atoms with E-state index in [9.17, 15) is 45.3 Å². The highest BCUT2D eigenvalue weighted by Crippen LogP contribution is 2.73. The normalized spacial score (nSPS) is 45.5. The SMILES string of the molecule is CC1CCC2=CC3C=CC4C(C5COC(=O)C5c5cc[nH]c5)C#CCC5CC6(O)C7=C8NC(CO)C(=O)CC(c9ccc(O)cc9)CSSCC9C(O)C(O)CC(C)(C7CCC6(CCN=C(N)N)C5C(C)(O)C(O)CC(C)C3C4C2C1)C9C8=O. The third-order valence-electron chi connectivity index (χ3n) is 23.5. The highest BCUT2D eigenvalue weighted by atomic mass is 33.1. The summed E-state index contributed by atoms with van der Waals surface area (Å²) in [4.78, 5) is 52.8. The van der Waals surface area contributed by atoms with E-state index in [2.05, 4.69) is 59.2 Å². The second-order valence-corrected chi connectivity index (χ2v) is 30.5. The van der Waals surface area contributed by atoms with Crippen molar-refractivity contribution >= 4 is 45.1 Å². The van der Waals surface area contributed by atoms with Crippen LogP contribution in [0.15, 0.2) is 82.8 Å². The summed E-state index contributed by atoms with van der Waals surface area (Å²) in [6.45, 7) is 7.78. The minimum Gasteiger partial charge on any atom is -0.508 e. The lowest BCUT2D eigenvalue weighted by Crippen LogP contribution is -2.67. The van der Waals surface area contributed by atoms with Crippen LogP contribution >= 0.6 is 21.6 Å². The largest absolute Gasteiger partial charge is 0.508 e. The first-order valence-corrected chi connectivity index (χ1v) is 33.5. The van der Waals surface area contributed by atoms with Gasteiger partial charge in [0, 0.05) is 84.2 Å². The Morgan fingerprint density at radius 2 is 1.71 bits per heavy atom. The van der Waals surface area contributed by atoms with Crippen LogP contribution in [0.1, 0.15) is 121 Å². The molecule has 24 atom stereocenters. The number of hydrogen-bond donors (Lipinski definition) is 11. The average molecular weight is 1190 g/mol. The van der Waals surface area contributed by atoms with Crippen LogP contribution in [-0.4, -0.2) is 131 Å². The number of aromatic amines is 1. The van der Waals surface area contributed by atoms with Crippen LogP contribution in [-0.2, 0) is 19.1 Å². The number of guanidine groups is 1. The van der Waals surface area contributed by atoms with E-state index < -0.39 is 94.3 Å². The fourth-order valence-electron chi connectivity index (χ4n) is 19.9. The number of carbonyl (C=O) groups is 3. The molecular formula is C66H87N5O11S2. The molecule has 13 N–H and O–H groups in total. The molecule has 12 rings (SSSR count). The third-order valence-corrected chi connectivity index (χ3v) is 26.0. The molecule has 0 amide bonds. The van der Waals surface area contributed by atoms with E-state index in [4.69, 9.17) is 16.2 Å². The number of rotatable bonds is 7. The number of aromatic nitrogens is 1. The molecule has 24 unspecified atom stereocenters. The number of carbonyl (C=O) groups excluding carboxylic acids is 3. The first-order valence-electron chi connectivity index (χ1n) is 31.0. The number of aliphatic hydroxyl groups excluding tert-OH is 4. The topological polar surface area (TPSA) is 294 Å². The molecule has 2 aromatic rings. The summed E-state index contributed by atoms with van der Waals surface area (Å²) >= 11 is 0. The molecule has 0 radical (unpaired) electrons. The maximum absolute atomic E-state index is 16.2. The Morgan fingerprint density at radius 1 is 0.940 bits per heavy atom. The molecule has 454 valence electrons. The molecule has 0 spiro atoms. The van der Waals surface area contributed by atoms with E-state index in [-0.39, 0.29) is 141 Å². The van der Waals surface area contributed by atoms with Crippen LogP contribution in [0, 0.1) is 106 Å². The van der Waals surface area contributed by atoms with Crippen molar-refractivity contribution in [2.75, 3.05) is 31.3 Å². The zero-order valence-electron chi connectivity index (χ0n) is 48.8. The first kappa shape index (κ1) is 59.7. The van der Waals surface area contributed by atoms with Crippen LogP contribution in [0.4, 0.5) is 0 Å². The van der Waals surface area contributed by atoms with E-state index in [1.54, 1.807) is 31.2 Å². The Morgan fingerprint density at radius 3 is 2.45 bits per heavy atom. The van der Waals surface area contributed by atoms with Crippen molar-refractivity contribution in [2.45, 2.75) is 146 Å². The molecule has 2 saturated heterocycles. The van der Waals surface area contributed by atoms with E-state index in [0.717, 1.165) is 30.4 Å². The van der Waals surface area contributed by atoms with Gasteiger partial charge in [0.05, 0.1) is 54.3 Å². The van der Waals surface area contributed by atoms with E-state index in [1.165, 1.54) is 27.2 Å². The van der Waals surface area contributed by atoms with Gasteiger partial charge in [-0.2, -0.15) is 0 Å². The molecular weight excluding hydrogens is 1100 g/mol. The minimum atomic E-state index is -1.98. The van der Waals surface area contributed by atoms with Crippen molar-refractivity contribution in [1.29, 1.82) is 0 Å². The molecule has 4 saturated carbocycles. The van der Waals surface area contributed by atoms with Crippen molar-refractivity contribution in [2.24, 2.45) is 110 Å². The first-order chi connectivity index (χ1) is 40.1. The number of H-pyrrole nitrogens is 1. The van der Waals surface area contributed by atoms with Crippen LogP contribution < -0.4 is 16.8 Å². The number of aliphatic imine (C=N–C) groups is 1. The highest BCUT2D eigenvalue weighted by Gasteiger charge is 2.75. The molecule has 18 heteroatoms. The lowest BCUT2D eigenvalue weighted by molar-refractivity contribution is -0.194. The van der Waals surface area contributed by atoms with Crippen LogP contribution in [0.5, 0.6) is 5.75 Å². The quantitative estimate of drug-likeness (QED) is 0.0364. The van der Waals surface area contributed by atoms with Gasteiger partial charge in [-0.1, -0.05) is 84.2 Å². The fraction of sp³-hybridized carbons (Fsp3) is 0.667. The van der Waals surface area contributed by atoms with Crippen molar-refractivity contribution < 1.29 is 54.9 Å². The number of allylic oxidation sites excluding steroid dienone is 5. The summed E-state index contributed by atoms with van der Waals surface area (Å²) < 4.78 is 6.03. The summed E-state index contributed by atoms with van der Waals surface area (Å²) in [5, 5.41) is 90.9. The number of phenols is 1. The molecule has 6 bridgehead atoms. The average Bonchev–Trinajstić information content (AvgIpc) is 1.35. The Bertz CT molecular complexity index is 3040. The summed E-state index contributed by atoms with van der Waals surface area (Å²) in [5.74, 6) is 2.76. The molecule has 8 aliphatic carbocycles. The number of aromatic hydroxyl groups is 1. The number of ether oxygens (including phenoxy) is 1. The van der Waals surface area contributed by atoms with E-state index in [1.807, 2.05) is 25.4 Å². The standard InChI is InChI=1S/C66H87N5O11S2/c1-33-8-9-36-24-37-12-15-43-42(45-30-82-61(79)53(45)39-17-20-69-28-39)7-5-6-38-26-66(81)56-47(16-18-65(66,19-21-70-62(67)68)60(38)64(4,80)51(76)23-34(2)52(37)54(43)44(36)22-33)63(3)27-50(75)58(77)46-32-84-83-31-40(35-10-13-41(73)14-11-35)25-49(74)48(29-72)71-57(56)59(78)55(46)63/h10-15,17,20,24,28,33-34,37-38,40,42-48,50-55,58,60,69,71-73,75-77,80-81H,6,8-9,16,18-19,21-23,25-27,29-32H2,1-4H3,(H4,67,68,70). The number of nitrogens with zero attached hydrogens (tertiary/aromatic N) is 1. The summed E-state index contributed by atoms with van der Waals surface area (Å²) in [5.41, 5.74) is 9.41. The second kappa shape index (κ2) is 22.9. The number of cyclic esters (lactones) is 1. The van der Waals surface area contributed by atoms with Crippen molar-refractivity contribution in [3.63, 3.8) is 0 Å². The molecule has 3 heterocycles. The molecule has 84 heavy (non-hydrogen) atoms. The number of esters is 1. The number of fused-ring (bicyclic) bond motifs is 8. The van der Waals surface area contributed by atoms with Gasteiger partial charge in [-0.15, -0.1) is 5.92 Å². The molecule has 6 fully saturated rings. The third kappa shape index (κ3) is 9.83. The van der Waals surface area contributed by atoms with Gasteiger partial charge >= 0.3 is 5.97 Å². The lowest BCUT2D eigenvalue weighted by atomic mass is 9.43. The van der Waals surface area contributed by atoms with E-state index >= 15 is 4.79 Å².